The van der Waals surface area contributed by atoms with Gasteiger partial charge in [0.05, 0.1) is 0 Å². The number of carbonyl (C=O) groups is 2. The molecule has 2 atom stereocenters. The van der Waals surface area contributed by atoms with Crippen molar-refractivity contribution in [2.45, 2.75) is 46.1 Å². The predicted octanol–water partition coefficient (Wildman–Crippen LogP) is 2.92. The molecule has 0 aromatic heterocycles. The van der Waals surface area contributed by atoms with E-state index in [1.807, 2.05) is 6.92 Å². The topological polar surface area (TPSA) is 76.7 Å². The number of alkyl halides is 2. The summed E-state index contributed by atoms with van der Waals surface area (Å²) in [7, 11) is 0. The van der Waals surface area contributed by atoms with Gasteiger partial charge in [0.1, 0.15) is 13.3 Å². The molecule has 0 heterocycles. The van der Waals surface area contributed by atoms with Gasteiger partial charge in [0, 0.05) is 12.6 Å². The molecule has 2 amide bonds. The Morgan fingerprint density at radius 3 is 2.43 bits per heavy atom. The second-order valence-electron chi connectivity index (χ2n) is 7.12. The van der Waals surface area contributed by atoms with Gasteiger partial charge in [-0.25, -0.2) is 18.4 Å². The minimum atomic E-state index is -1.17. The van der Waals surface area contributed by atoms with Crippen molar-refractivity contribution in [3.8, 4) is 0 Å². The van der Waals surface area contributed by atoms with Crippen LogP contribution >= 0.6 is 0 Å². The van der Waals surface area contributed by atoms with Gasteiger partial charge in [-0.05, 0) is 30.1 Å². The van der Waals surface area contributed by atoms with Crippen LogP contribution in [0.1, 0.15) is 40.0 Å². The van der Waals surface area contributed by atoms with E-state index >= 15 is 0 Å². The van der Waals surface area contributed by atoms with Crippen LogP contribution in [-0.2, 0) is 9.47 Å². The zero-order chi connectivity index (χ0) is 17.5. The summed E-state index contributed by atoms with van der Waals surface area (Å²) in [6.45, 7) is 4.30. The van der Waals surface area contributed by atoms with E-state index in [4.69, 9.17) is 4.74 Å². The number of rotatable bonds is 6. The number of hydrogen-bond donors (Lipinski definition) is 2. The van der Waals surface area contributed by atoms with Gasteiger partial charge in [-0.3, -0.25) is 0 Å². The van der Waals surface area contributed by atoms with Crippen molar-refractivity contribution < 1.29 is 27.8 Å². The molecule has 2 N–H and O–H groups in total. The first-order valence-corrected chi connectivity index (χ1v) is 7.65. The Morgan fingerprint density at radius 2 is 1.83 bits per heavy atom. The van der Waals surface area contributed by atoms with Gasteiger partial charge in [-0.15, -0.1) is 0 Å². The van der Waals surface area contributed by atoms with Crippen LogP contribution in [0.4, 0.5) is 18.4 Å². The molecule has 0 aromatic carbocycles. The summed E-state index contributed by atoms with van der Waals surface area (Å²) in [6.07, 6.45) is 0.758. The van der Waals surface area contributed by atoms with Crippen LogP contribution in [-0.4, -0.2) is 44.9 Å². The molecule has 1 rings (SSSR count). The fourth-order valence-corrected chi connectivity index (χ4v) is 3.60. The third-order valence-electron chi connectivity index (χ3n) is 3.92. The molecule has 1 aliphatic carbocycles. The van der Waals surface area contributed by atoms with Crippen molar-refractivity contribution in [3.63, 3.8) is 0 Å². The highest BCUT2D eigenvalue weighted by Gasteiger charge is 2.42. The molecule has 1 aliphatic rings. The summed E-state index contributed by atoms with van der Waals surface area (Å²) in [5.41, 5.74) is -0.341. The van der Waals surface area contributed by atoms with E-state index in [-0.39, 0.29) is 23.5 Å². The highest BCUT2D eigenvalue weighted by atomic mass is 19.1. The van der Waals surface area contributed by atoms with Gasteiger partial charge in [-0.2, -0.15) is 0 Å². The van der Waals surface area contributed by atoms with E-state index in [1.54, 1.807) is 0 Å². The molecule has 1 saturated carbocycles. The summed E-state index contributed by atoms with van der Waals surface area (Å²) in [5.74, 6) is 0. The first kappa shape index (κ1) is 19.4. The zero-order valence-corrected chi connectivity index (χ0v) is 13.9. The molecule has 134 valence electrons. The van der Waals surface area contributed by atoms with Gasteiger partial charge in [0.25, 0.3) is 0 Å². The third-order valence-corrected chi connectivity index (χ3v) is 3.92. The summed E-state index contributed by atoms with van der Waals surface area (Å²) < 4.78 is 32.9. The number of amides is 2. The van der Waals surface area contributed by atoms with E-state index < -0.39 is 25.7 Å². The molecule has 23 heavy (non-hydrogen) atoms. The Kier molecular flexibility index (Phi) is 7.02. The number of alkyl carbamates (subject to hydrolysis) is 2. The molecule has 0 aliphatic heterocycles. The number of carbonyl (C=O) groups excluding carboxylic acids is 2. The Balaban J connectivity index is 2.62. The van der Waals surface area contributed by atoms with Crippen molar-refractivity contribution in [2.24, 2.45) is 10.8 Å². The maximum Gasteiger partial charge on any atom is 0.409 e. The average molecular weight is 336 g/mol. The minimum absolute atomic E-state index is 0.0588. The predicted molar refractivity (Wildman–Crippen MR) is 80.4 cm³/mol. The third kappa shape index (κ3) is 7.00. The van der Waals surface area contributed by atoms with Crippen molar-refractivity contribution >= 4 is 12.2 Å². The zero-order valence-electron chi connectivity index (χ0n) is 13.9. The summed E-state index contributed by atoms with van der Waals surface area (Å²) >= 11 is 0. The molecule has 0 radical (unpaired) electrons. The summed E-state index contributed by atoms with van der Waals surface area (Å²) in [5, 5.41) is 5.29. The molecule has 1 fully saturated rings. The first-order chi connectivity index (χ1) is 10.7. The molecule has 0 bridgehead atoms. The van der Waals surface area contributed by atoms with Crippen molar-refractivity contribution in [1.29, 1.82) is 0 Å². The van der Waals surface area contributed by atoms with E-state index in [9.17, 15) is 18.4 Å². The Labute approximate surface area is 135 Å². The van der Waals surface area contributed by atoms with Crippen molar-refractivity contribution in [3.05, 3.63) is 0 Å². The smallest absolute Gasteiger partial charge is 0.409 e. The lowest BCUT2D eigenvalue weighted by Crippen LogP contribution is -2.50. The van der Waals surface area contributed by atoms with Crippen LogP contribution in [0.2, 0.25) is 0 Å². The second kappa shape index (κ2) is 8.31. The molecule has 8 heteroatoms. The highest BCUT2D eigenvalue weighted by molar-refractivity contribution is 5.68. The largest absolute Gasteiger partial charge is 0.447 e. The molecule has 0 aromatic rings. The molecule has 0 saturated heterocycles. The Morgan fingerprint density at radius 1 is 1.13 bits per heavy atom. The SMILES string of the molecule is CC1(C)CC(NC(=O)OCCF)CC(C)(CNC(=O)OCF)C1. The van der Waals surface area contributed by atoms with Gasteiger partial charge < -0.3 is 20.1 Å². The minimum Gasteiger partial charge on any atom is -0.447 e. The fourth-order valence-electron chi connectivity index (χ4n) is 3.60. The standard InChI is InChI=1S/C15H26F2N2O4/c1-14(2)6-11(19-13(21)22-5-4-16)7-15(3,8-14)9-18-12(20)23-10-17/h11H,4-10H2,1-3H3,(H,18,20)(H,19,21). The normalized spacial score (nSPS) is 26.2. The van der Waals surface area contributed by atoms with Crippen LogP contribution < -0.4 is 10.6 Å². The summed E-state index contributed by atoms with van der Waals surface area (Å²) in [4.78, 5) is 22.9. The Bertz CT molecular complexity index is 420. The van der Waals surface area contributed by atoms with Crippen LogP contribution in [0.3, 0.4) is 0 Å². The van der Waals surface area contributed by atoms with Crippen LogP contribution in [0.25, 0.3) is 0 Å². The quantitative estimate of drug-likeness (QED) is 0.782. The maximum atomic E-state index is 12.0. The van der Waals surface area contributed by atoms with Crippen LogP contribution in [0.15, 0.2) is 0 Å². The van der Waals surface area contributed by atoms with Gasteiger partial charge >= 0.3 is 12.2 Å². The Hall–Kier alpha value is -1.60. The van der Waals surface area contributed by atoms with Crippen LogP contribution in [0, 0.1) is 10.8 Å². The van der Waals surface area contributed by atoms with Gasteiger partial charge in [-0.1, -0.05) is 20.8 Å². The van der Waals surface area contributed by atoms with E-state index in [0.29, 0.717) is 13.0 Å². The van der Waals surface area contributed by atoms with E-state index in [0.717, 1.165) is 12.8 Å². The number of halogens is 2. The lowest BCUT2D eigenvalue weighted by atomic mass is 9.62. The van der Waals surface area contributed by atoms with Gasteiger partial charge in [0.2, 0.25) is 6.86 Å². The molecule has 6 nitrogen and oxygen atoms in total. The highest BCUT2D eigenvalue weighted by Crippen LogP contribution is 2.45. The van der Waals surface area contributed by atoms with Gasteiger partial charge in [0.15, 0.2) is 0 Å². The molecule has 2 unspecified atom stereocenters. The first-order valence-electron chi connectivity index (χ1n) is 7.65. The lowest BCUT2D eigenvalue weighted by Gasteiger charge is -2.46. The van der Waals surface area contributed by atoms with Crippen molar-refractivity contribution in [2.75, 3.05) is 26.7 Å². The number of nitrogens with one attached hydrogen (secondary N) is 2. The van der Waals surface area contributed by atoms with E-state index in [1.165, 1.54) is 0 Å². The maximum absolute atomic E-state index is 12.0. The summed E-state index contributed by atoms with van der Waals surface area (Å²) in [6, 6.07) is -0.144. The fraction of sp³-hybridized carbons (Fsp3) is 0.867. The average Bonchev–Trinajstić information content (AvgIpc) is 2.41. The molecular weight excluding hydrogens is 310 g/mol. The number of hydrogen-bond acceptors (Lipinski definition) is 4. The van der Waals surface area contributed by atoms with Crippen molar-refractivity contribution in [1.82, 2.24) is 10.6 Å². The number of ether oxygens (including phenoxy) is 2. The molecular formula is C15H26F2N2O4. The van der Waals surface area contributed by atoms with Crippen LogP contribution in [0.5, 0.6) is 0 Å². The molecule has 0 spiro atoms. The lowest BCUT2D eigenvalue weighted by molar-refractivity contribution is 0.0569. The monoisotopic (exact) mass is 336 g/mol. The second-order valence-corrected chi connectivity index (χ2v) is 7.12. The van der Waals surface area contributed by atoms with E-state index in [2.05, 4.69) is 29.2 Å².